The van der Waals surface area contributed by atoms with E-state index in [4.69, 9.17) is 4.98 Å². The van der Waals surface area contributed by atoms with E-state index in [0.29, 0.717) is 17.1 Å². The van der Waals surface area contributed by atoms with Crippen LogP contribution in [0.25, 0.3) is 22.4 Å². The van der Waals surface area contributed by atoms with Gasteiger partial charge in [-0.3, -0.25) is 4.79 Å². The van der Waals surface area contributed by atoms with Crippen LogP contribution in [-0.2, 0) is 11.3 Å². The first-order chi connectivity index (χ1) is 15.7. The molecule has 0 radical (unpaired) electrons. The van der Waals surface area contributed by atoms with Gasteiger partial charge in [0.25, 0.3) is 0 Å². The van der Waals surface area contributed by atoms with Crippen LogP contribution in [0.1, 0.15) is 11.1 Å². The molecule has 1 heterocycles. The van der Waals surface area contributed by atoms with Gasteiger partial charge in [-0.25, -0.2) is 4.98 Å². The van der Waals surface area contributed by atoms with Crippen molar-refractivity contribution in [3.05, 3.63) is 108 Å². The Morgan fingerprint density at radius 1 is 0.875 bits per heavy atom. The van der Waals surface area contributed by atoms with Crippen molar-refractivity contribution in [1.82, 2.24) is 10.3 Å². The quantitative estimate of drug-likeness (QED) is 0.378. The minimum atomic E-state index is -0.101. The van der Waals surface area contributed by atoms with Gasteiger partial charge in [-0.05, 0) is 17.2 Å². The van der Waals surface area contributed by atoms with E-state index in [9.17, 15) is 10.1 Å². The maximum atomic E-state index is 12.5. The molecule has 0 saturated heterocycles. The SMILES string of the molecule is N#Cc1c(-c2ccccc2)cc(-c2ccccc2)nc1SCC(=O)NCc1ccccc1. The van der Waals surface area contributed by atoms with Crippen molar-refractivity contribution in [2.45, 2.75) is 11.6 Å². The molecule has 1 amide bonds. The smallest absolute Gasteiger partial charge is 0.230 e. The molecule has 1 N–H and O–H groups in total. The number of nitrogens with one attached hydrogen (secondary N) is 1. The highest BCUT2D eigenvalue weighted by atomic mass is 32.2. The Morgan fingerprint density at radius 3 is 2.09 bits per heavy atom. The van der Waals surface area contributed by atoms with E-state index in [1.807, 2.05) is 97.1 Å². The van der Waals surface area contributed by atoms with Crippen LogP contribution >= 0.6 is 11.8 Å². The number of pyridine rings is 1. The second kappa shape index (κ2) is 10.4. The molecule has 32 heavy (non-hydrogen) atoms. The number of nitriles is 1. The molecule has 156 valence electrons. The second-order valence-corrected chi connectivity index (χ2v) is 8.09. The van der Waals surface area contributed by atoms with Crippen molar-refractivity contribution in [1.29, 1.82) is 5.26 Å². The van der Waals surface area contributed by atoms with Gasteiger partial charge < -0.3 is 5.32 Å². The Labute approximate surface area is 192 Å². The molecule has 5 heteroatoms. The number of thioether (sulfide) groups is 1. The fourth-order valence-corrected chi connectivity index (χ4v) is 4.15. The summed E-state index contributed by atoms with van der Waals surface area (Å²) in [7, 11) is 0. The minimum Gasteiger partial charge on any atom is -0.351 e. The van der Waals surface area contributed by atoms with Gasteiger partial charge in [-0.1, -0.05) is 103 Å². The molecule has 0 aliphatic carbocycles. The standard InChI is InChI=1S/C27H21N3OS/c28-17-24-23(21-12-6-2-7-13-21)16-25(22-14-8-3-9-15-22)30-27(24)32-19-26(31)29-18-20-10-4-1-5-11-20/h1-16H,18-19H2,(H,29,31). The number of hydrogen-bond donors (Lipinski definition) is 1. The third-order valence-electron chi connectivity index (χ3n) is 4.92. The molecule has 4 rings (SSSR count). The van der Waals surface area contributed by atoms with Gasteiger partial charge in [0.05, 0.1) is 17.0 Å². The number of benzene rings is 3. The van der Waals surface area contributed by atoms with Gasteiger partial charge in [-0.2, -0.15) is 5.26 Å². The lowest BCUT2D eigenvalue weighted by Crippen LogP contribution is -2.24. The average Bonchev–Trinajstić information content (AvgIpc) is 2.87. The van der Waals surface area contributed by atoms with E-state index in [2.05, 4.69) is 11.4 Å². The predicted molar refractivity (Wildman–Crippen MR) is 129 cm³/mol. The molecule has 0 spiro atoms. The Kier molecular flexibility index (Phi) is 6.96. The van der Waals surface area contributed by atoms with E-state index in [0.717, 1.165) is 27.9 Å². The van der Waals surface area contributed by atoms with E-state index >= 15 is 0 Å². The molecule has 0 atom stereocenters. The number of carbonyl (C=O) groups excluding carboxylic acids is 1. The molecule has 0 aliphatic rings. The summed E-state index contributed by atoms with van der Waals surface area (Å²) in [4.78, 5) is 17.2. The van der Waals surface area contributed by atoms with E-state index in [-0.39, 0.29) is 11.7 Å². The van der Waals surface area contributed by atoms with E-state index in [1.165, 1.54) is 11.8 Å². The lowest BCUT2D eigenvalue weighted by atomic mass is 9.99. The molecular formula is C27H21N3OS. The summed E-state index contributed by atoms with van der Waals surface area (Å²) in [6.45, 7) is 0.470. The van der Waals surface area contributed by atoms with Crippen LogP contribution in [0.2, 0.25) is 0 Å². The topological polar surface area (TPSA) is 65.8 Å². The van der Waals surface area contributed by atoms with Crippen LogP contribution < -0.4 is 5.32 Å². The van der Waals surface area contributed by atoms with Gasteiger partial charge in [0.15, 0.2) is 0 Å². The zero-order valence-corrected chi connectivity index (χ0v) is 18.2. The first-order valence-electron chi connectivity index (χ1n) is 10.2. The lowest BCUT2D eigenvalue weighted by Gasteiger charge is -2.13. The molecule has 0 saturated carbocycles. The summed E-state index contributed by atoms with van der Waals surface area (Å²) < 4.78 is 0. The first-order valence-corrected chi connectivity index (χ1v) is 11.2. The number of hydrogen-bond acceptors (Lipinski definition) is 4. The summed E-state index contributed by atoms with van der Waals surface area (Å²) in [6.07, 6.45) is 0. The van der Waals surface area contributed by atoms with Crippen LogP contribution in [0.3, 0.4) is 0 Å². The highest BCUT2D eigenvalue weighted by Gasteiger charge is 2.17. The Morgan fingerprint density at radius 2 is 1.47 bits per heavy atom. The first kappa shape index (κ1) is 21.4. The second-order valence-electron chi connectivity index (χ2n) is 7.13. The third-order valence-corrected chi connectivity index (χ3v) is 5.90. The minimum absolute atomic E-state index is 0.101. The van der Waals surface area contributed by atoms with Crippen LogP contribution in [0.5, 0.6) is 0 Å². The maximum Gasteiger partial charge on any atom is 0.230 e. The van der Waals surface area contributed by atoms with Crippen LogP contribution in [0.4, 0.5) is 0 Å². The van der Waals surface area contributed by atoms with Crippen molar-refractivity contribution < 1.29 is 4.79 Å². The normalized spacial score (nSPS) is 10.3. The number of amides is 1. The summed E-state index contributed by atoms with van der Waals surface area (Å²) in [5.41, 5.74) is 5.02. The fraction of sp³-hybridized carbons (Fsp3) is 0.0741. The molecular weight excluding hydrogens is 414 g/mol. The van der Waals surface area contributed by atoms with Gasteiger partial charge in [0.1, 0.15) is 11.1 Å². The molecule has 4 nitrogen and oxygen atoms in total. The van der Waals surface area contributed by atoms with Crippen molar-refractivity contribution in [2.24, 2.45) is 0 Å². The third kappa shape index (κ3) is 5.23. The number of aromatic nitrogens is 1. The van der Waals surface area contributed by atoms with Crippen molar-refractivity contribution >= 4 is 17.7 Å². The van der Waals surface area contributed by atoms with Crippen molar-refractivity contribution in [3.8, 4) is 28.5 Å². The molecule has 0 fully saturated rings. The Bertz CT molecular complexity index is 1240. The molecule has 0 bridgehead atoms. The number of nitrogens with zero attached hydrogens (tertiary/aromatic N) is 2. The van der Waals surface area contributed by atoms with Crippen LogP contribution in [0, 0.1) is 11.3 Å². The van der Waals surface area contributed by atoms with Gasteiger partial charge in [-0.15, -0.1) is 0 Å². The largest absolute Gasteiger partial charge is 0.351 e. The fourth-order valence-electron chi connectivity index (χ4n) is 3.32. The van der Waals surface area contributed by atoms with Crippen molar-refractivity contribution in [2.75, 3.05) is 5.75 Å². The van der Waals surface area contributed by atoms with E-state index < -0.39 is 0 Å². The Balaban J connectivity index is 1.61. The maximum absolute atomic E-state index is 12.5. The average molecular weight is 436 g/mol. The molecule has 0 aliphatic heterocycles. The summed E-state index contributed by atoms with van der Waals surface area (Å²) >= 11 is 1.29. The molecule has 4 aromatic rings. The Hall–Kier alpha value is -3.88. The highest BCUT2D eigenvalue weighted by Crippen LogP contribution is 2.34. The summed E-state index contributed by atoms with van der Waals surface area (Å²) in [5, 5.41) is 13.4. The van der Waals surface area contributed by atoms with Gasteiger partial charge in [0, 0.05) is 17.7 Å². The summed E-state index contributed by atoms with van der Waals surface area (Å²) in [6, 6.07) is 33.7. The highest BCUT2D eigenvalue weighted by molar-refractivity contribution is 8.00. The monoisotopic (exact) mass is 435 g/mol. The zero-order chi connectivity index (χ0) is 22.2. The molecule has 3 aromatic carbocycles. The zero-order valence-electron chi connectivity index (χ0n) is 17.4. The van der Waals surface area contributed by atoms with E-state index in [1.54, 1.807) is 0 Å². The molecule has 1 aromatic heterocycles. The van der Waals surface area contributed by atoms with Gasteiger partial charge in [0.2, 0.25) is 5.91 Å². The lowest BCUT2D eigenvalue weighted by molar-refractivity contribution is -0.118. The van der Waals surface area contributed by atoms with Crippen LogP contribution in [-0.4, -0.2) is 16.6 Å². The van der Waals surface area contributed by atoms with Crippen molar-refractivity contribution in [3.63, 3.8) is 0 Å². The summed E-state index contributed by atoms with van der Waals surface area (Å²) in [5.74, 6) is 0.0805. The van der Waals surface area contributed by atoms with Crippen LogP contribution in [0.15, 0.2) is 102 Å². The predicted octanol–water partition coefficient (Wildman–Crippen LogP) is 5.70. The van der Waals surface area contributed by atoms with Gasteiger partial charge >= 0.3 is 0 Å². The number of rotatable bonds is 7. The molecule has 0 unspecified atom stereocenters. The number of carbonyl (C=O) groups is 1.